The minimum absolute atomic E-state index is 0.0275. The summed E-state index contributed by atoms with van der Waals surface area (Å²) < 4.78 is 32.8. The number of hydrogen-bond acceptors (Lipinski definition) is 7. The Hall–Kier alpha value is -3.09. The van der Waals surface area contributed by atoms with Crippen LogP contribution in [-0.2, 0) is 22.8 Å². The first-order valence-electron chi connectivity index (χ1n) is 9.00. The van der Waals surface area contributed by atoms with E-state index in [2.05, 4.69) is 15.8 Å². The van der Waals surface area contributed by atoms with Gasteiger partial charge in [0.25, 0.3) is 5.91 Å². The lowest BCUT2D eigenvalue weighted by molar-refractivity contribution is 0.0830. The molecule has 1 aromatic carbocycles. The van der Waals surface area contributed by atoms with Crippen molar-refractivity contribution in [3.8, 4) is 0 Å². The van der Waals surface area contributed by atoms with E-state index in [0.29, 0.717) is 11.5 Å². The molecule has 2 N–H and O–H groups in total. The lowest BCUT2D eigenvalue weighted by Gasteiger charge is -2.12. The number of carbonyl (C=O) groups excluding carboxylic acids is 2. The number of sulfonamides is 1. The smallest absolute Gasteiger partial charge is 0.305 e. The molecule has 164 valence electrons. The molecule has 0 saturated heterocycles. The number of nitrogens with one attached hydrogen (secondary N) is 2. The minimum atomic E-state index is -3.69. The number of imidazole rings is 1. The molecule has 0 saturated carbocycles. The third-order valence-electron chi connectivity index (χ3n) is 4.17. The SMILES string of the molecule is CN(C)S(=O)(=O)c1cccc(C(=O)NNC(=O)c2ccc(CSc3nccn3C)o2)c1. The molecule has 0 radical (unpaired) electrons. The third-order valence-corrected chi connectivity index (χ3v) is 7.06. The number of hydrogen-bond donors (Lipinski definition) is 2. The Labute approximate surface area is 183 Å². The Kier molecular flexibility index (Phi) is 6.83. The molecule has 3 aromatic rings. The van der Waals surface area contributed by atoms with Crippen LogP contribution in [0.5, 0.6) is 0 Å². The molecular formula is C19H21N5O5S2. The Bertz CT molecular complexity index is 1200. The summed E-state index contributed by atoms with van der Waals surface area (Å²) in [7, 11) is 0.989. The summed E-state index contributed by atoms with van der Waals surface area (Å²) in [6, 6.07) is 8.68. The zero-order valence-electron chi connectivity index (χ0n) is 17.0. The van der Waals surface area contributed by atoms with E-state index in [1.165, 1.54) is 56.2 Å². The van der Waals surface area contributed by atoms with E-state index in [4.69, 9.17) is 4.42 Å². The molecule has 0 atom stereocenters. The molecule has 0 bridgehead atoms. The monoisotopic (exact) mass is 463 g/mol. The number of amides is 2. The fourth-order valence-electron chi connectivity index (χ4n) is 2.46. The highest BCUT2D eigenvalue weighted by Crippen LogP contribution is 2.22. The maximum absolute atomic E-state index is 12.3. The lowest BCUT2D eigenvalue weighted by Crippen LogP contribution is -2.41. The Morgan fingerprint density at radius 1 is 1.16 bits per heavy atom. The minimum Gasteiger partial charge on any atom is -0.455 e. The van der Waals surface area contributed by atoms with Gasteiger partial charge in [-0.1, -0.05) is 17.8 Å². The lowest BCUT2D eigenvalue weighted by atomic mass is 10.2. The molecule has 10 nitrogen and oxygen atoms in total. The average Bonchev–Trinajstić information content (AvgIpc) is 3.39. The number of rotatable bonds is 7. The van der Waals surface area contributed by atoms with Crippen molar-refractivity contribution in [3.05, 3.63) is 65.9 Å². The van der Waals surface area contributed by atoms with Gasteiger partial charge in [-0.25, -0.2) is 17.7 Å². The molecule has 0 fully saturated rings. The van der Waals surface area contributed by atoms with Gasteiger partial charge in [-0.05, 0) is 30.3 Å². The normalized spacial score (nSPS) is 11.5. The molecule has 2 aromatic heterocycles. The summed E-state index contributed by atoms with van der Waals surface area (Å²) in [4.78, 5) is 28.7. The summed E-state index contributed by atoms with van der Waals surface area (Å²) in [6.45, 7) is 0. The number of benzene rings is 1. The highest BCUT2D eigenvalue weighted by Gasteiger charge is 2.19. The first kappa shape index (κ1) is 22.6. The third kappa shape index (κ3) is 5.34. The van der Waals surface area contributed by atoms with Crippen molar-refractivity contribution >= 4 is 33.6 Å². The maximum atomic E-state index is 12.3. The second-order valence-corrected chi connectivity index (χ2v) is 9.69. The maximum Gasteiger partial charge on any atom is 0.305 e. The number of carbonyl (C=O) groups is 2. The predicted molar refractivity (Wildman–Crippen MR) is 114 cm³/mol. The van der Waals surface area contributed by atoms with Crippen molar-refractivity contribution in [1.82, 2.24) is 24.7 Å². The molecule has 3 rings (SSSR count). The standard InChI is InChI=1S/C19H21N5O5S2/c1-23(2)31(27,28)15-6-4-5-13(11-15)17(25)21-22-18(26)16-8-7-14(29-16)12-30-19-20-9-10-24(19)3/h4-11H,12H2,1-3H3,(H,21,25)(H,22,26). The van der Waals surface area contributed by atoms with E-state index in [1.807, 2.05) is 17.8 Å². The molecule has 0 aliphatic heterocycles. The van der Waals surface area contributed by atoms with Crippen molar-refractivity contribution < 1.29 is 22.4 Å². The summed E-state index contributed by atoms with van der Waals surface area (Å²) in [6.07, 6.45) is 3.52. The van der Waals surface area contributed by atoms with Gasteiger partial charge in [0.05, 0.1) is 10.6 Å². The van der Waals surface area contributed by atoms with Crippen LogP contribution in [0.15, 0.2) is 63.3 Å². The fraction of sp³-hybridized carbons (Fsp3) is 0.211. The number of nitrogens with zero attached hydrogens (tertiary/aromatic N) is 3. The van der Waals surface area contributed by atoms with Gasteiger partial charge >= 0.3 is 5.91 Å². The zero-order valence-corrected chi connectivity index (χ0v) is 18.7. The van der Waals surface area contributed by atoms with Crippen LogP contribution < -0.4 is 10.9 Å². The van der Waals surface area contributed by atoms with E-state index in [0.717, 1.165) is 9.46 Å². The predicted octanol–water partition coefficient (Wildman–Crippen LogP) is 1.63. The molecular weight excluding hydrogens is 442 g/mol. The van der Waals surface area contributed by atoms with E-state index in [9.17, 15) is 18.0 Å². The first-order valence-corrected chi connectivity index (χ1v) is 11.4. The van der Waals surface area contributed by atoms with Crippen molar-refractivity contribution in [3.63, 3.8) is 0 Å². The first-order chi connectivity index (χ1) is 14.7. The summed E-state index contributed by atoms with van der Waals surface area (Å²) >= 11 is 1.46. The second kappa shape index (κ2) is 9.37. The van der Waals surface area contributed by atoms with Crippen LogP contribution in [0.4, 0.5) is 0 Å². The fourth-order valence-corrected chi connectivity index (χ4v) is 4.23. The van der Waals surface area contributed by atoms with Gasteiger partial charge < -0.3 is 8.98 Å². The Morgan fingerprint density at radius 3 is 2.58 bits per heavy atom. The van der Waals surface area contributed by atoms with Crippen molar-refractivity contribution in [2.75, 3.05) is 14.1 Å². The van der Waals surface area contributed by atoms with E-state index >= 15 is 0 Å². The van der Waals surface area contributed by atoms with Crippen LogP contribution in [0.2, 0.25) is 0 Å². The largest absolute Gasteiger partial charge is 0.455 e. The highest BCUT2D eigenvalue weighted by atomic mass is 32.2. The zero-order chi connectivity index (χ0) is 22.6. The van der Waals surface area contributed by atoms with Crippen molar-refractivity contribution in [2.45, 2.75) is 15.8 Å². The average molecular weight is 464 g/mol. The topological polar surface area (TPSA) is 127 Å². The number of aryl methyl sites for hydroxylation is 1. The van der Waals surface area contributed by atoms with Crippen molar-refractivity contribution in [1.29, 1.82) is 0 Å². The van der Waals surface area contributed by atoms with Gasteiger partial charge in [-0.3, -0.25) is 20.4 Å². The van der Waals surface area contributed by atoms with E-state index in [1.54, 1.807) is 12.3 Å². The molecule has 2 heterocycles. The number of hydrazine groups is 1. The molecule has 0 aliphatic carbocycles. The molecule has 2 amide bonds. The molecule has 0 aliphatic rings. The number of aromatic nitrogens is 2. The van der Waals surface area contributed by atoms with Gasteiger partial charge in [0, 0.05) is 39.1 Å². The molecule has 0 unspecified atom stereocenters. The molecule has 0 spiro atoms. The highest BCUT2D eigenvalue weighted by molar-refractivity contribution is 7.98. The molecule has 12 heteroatoms. The Balaban J connectivity index is 1.58. The van der Waals surface area contributed by atoms with Crippen LogP contribution >= 0.6 is 11.8 Å². The van der Waals surface area contributed by atoms with Crippen LogP contribution in [-0.4, -0.2) is 48.2 Å². The van der Waals surface area contributed by atoms with Gasteiger partial charge in [-0.15, -0.1) is 0 Å². The summed E-state index contributed by atoms with van der Waals surface area (Å²) in [5, 5.41) is 0.813. The van der Waals surface area contributed by atoms with Gasteiger partial charge in [0.2, 0.25) is 10.0 Å². The van der Waals surface area contributed by atoms with Crippen molar-refractivity contribution in [2.24, 2.45) is 7.05 Å². The van der Waals surface area contributed by atoms with Crippen LogP contribution in [0.25, 0.3) is 0 Å². The quantitative estimate of drug-likeness (QED) is 0.403. The number of furan rings is 1. The van der Waals surface area contributed by atoms with E-state index < -0.39 is 21.8 Å². The van der Waals surface area contributed by atoms with Gasteiger partial charge in [0.1, 0.15) is 5.76 Å². The Morgan fingerprint density at radius 2 is 1.90 bits per heavy atom. The number of thioether (sulfide) groups is 1. The van der Waals surface area contributed by atoms with Crippen LogP contribution in [0.3, 0.4) is 0 Å². The summed E-state index contributed by atoms with van der Waals surface area (Å²) in [5.74, 6) is -0.219. The summed E-state index contributed by atoms with van der Waals surface area (Å²) in [5.41, 5.74) is 4.58. The van der Waals surface area contributed by atoms with Crippen LogP contribution in [0.1, 0.15) is 26.7 Å². The van der Waals surface area contributed by atoms with Gasteiger partial charge in [0.15, 0.2) is 10.9 Å². The van der Waals surface area contributed by atoms with E-state index in [-0.39, 0.29) is 16.2 Å². The van der Waals surface area contributed by atoms with Gasteiger partial charge in [-0.2, -0.15) is 0 Å². The van der Waals surface area contributed by atoms with Crippen LogP contribution in [0, 0.1) is 0 Å². The molecule has 31 heavy (non-hydrogen) atoms. The second-order valence-electron chi connectivity index (χ2n) is 6.60.